The molecule has 5 heteroatoms. The van der Waals surface area contributed by atoms with Crippen LogP contribution in [0.3, 0.4) is 0 Å². The Labute approximate surface area is 150 Å². The quantitative estimate of drug-likeness (QED) is 0.929. The molecule has 0 spiro atoms. The minimum Gasteiger partial charge on any atom is -0.378 e. The van der Waals surface area contributed by atoms with Crippen molar-refractivity contribution in [1.82, 2.24) is 19.8 Å². The van der Waals surface area contributed by atoms with Gasteiger partial charge in [0.1, 0.15) is 5.82 Å². The zero-order chi connectivity index (χ0) is 17.2. The van der Waals surface area contributed by atoms with E-state index >= 15 is 0 Å². The van der Waals surface area contributed by atoms with E-state index in [0.717, 1.165) is 51.6 Å². The number of fused-ring (bicyclic) bond motifs is 1. The third kappa shape index (κ3) is 3.50. The van der Waals surface area contributed by atoms with Gasteiger partial charge in [-0.2, -0.15) is 0 Å². The molecule has 25 heavy (non-hydrogen) atoms. The average molecular weight is 340 g/mol. The summed E-state index contributed by atoms with van der Waals surface area (Å²) in [7, 11) is 0. The Morgan fingerprint density at radius 1 is 1.20 bits per heavy atom. The molecule has 2 aliphatic heterocycles. The molecule has 0 aliphatic carbocycles. The van der Waals surface area contributed by atoms with Crippen molar-refractivity contribution in [2.75, 3.05) is 32.8 Å². The molecule has 0 unspecified atom stereocenters. The van der Waals surface area contributed by atoms with E-state index in [-0.39, 0.29) is 0 Å². The number of hydrogen-bond donors (Lipinski definition) is 1. The summed E-state index contributed by atoms with van der Waals surface area (Å²) in [6.07, 6.45) is 0.962. The van der Waals surface area contributed by atoms with E-state index in [4.69, 9.17) is 9.72 Å². The average Bonchev–Trinajstić information content (AvgIpc) is 3.01. The zero-order valence-corrected chi connectivity index (χ0v) is 15.2. The number of benzene rings is 1. The van der Waals surface area contributed by atoms with Crippen molar-refractivity contribution < 1.29 is 4.74 Å². The first-order valence-electron chi connectivity index (χ1n) is 9.39. The van der Waals surface area contributed by atoms with Gasteiger partial charge >= 0.3 is 0 Å². The molecule has 2 saturated heterocycles. The largest absolute Gasteiger partial charge is 0.378 e. The number of imidazole rings is 1. The molecule has 0 bridgehead atoms. The Balaban J connectivity index is 1.44. The topological polar surface area (TPSA) is 44.4 Å². The number of nitrogens with zero attached hydrogens (tertiary/aromatic N) is 3. The van der Waals surface area contributed by atoms with Crippen LogP contribution in [0.1, 0.15) is 35.7 Å². The lowest BCUT2D eigenvalue weighted by molar-refractivity contribution is -0.0837. The smallest absolute Gasteiger partial charge is 0.106 e. The van der Waals surface area contributed by atoms with E-state index in [0.29, 0.717) is 12.1 Å². The highest BCUT2D eigenvalue weighted by Crippen LogP contribution is 2.30. The molecular formula is C20H28N4O. The van der Waals surface area contributed by atoms with Gasteiger partial charge in [-0.15, -0.1) is 0 Å². The molecule has 2 aliphatic rings. The molecule has 1 aromatic carbocycles. The van der Waals surface area contributed by atoms with Crippen LogP contribution in [0, 0.1) is 6.92 Å². The van der Waals surface area contributed by atoms with E-state index in [1.54, 1.807) is 0 Å². The molecule has 5 nitrogen and oxygen atoms in total. The van der Waals surface area contributed by atoms with E-state index in [1.165, 1.54) is 17.0 Å². The molecule has 134 valence electrons. The van der Waals surface area contributed by atoms with Gasteiger partial charge in [0.15, 0.2) is 0 Å². The minimum absolute atomic E-state index is 0.390. The Morgan fingerprint density at radius 3 is 2.80 bits per heavy atom. The SMILES string of the molecule is CCc1nc(CN2CCN3[C@@H](COC[C@@H]3c3ccccc3)C2)c(C)[nH]1. The highest BCUT2D eigenvalue weighted by Gasteiger charge is 2.36. The Morgan fingerprint density at radius 2 is 2.04 bits per heavy atom. The van der Waals surface area contributed by atoms with Gasteiger partial charge in [-0.25, -0.2) is 4.98 Å². The Bertz CT molecular complexity index is 699. The maximum atomic E-state index is 5.96. The molecule has 1 aromatic heterocycles. The van der Waals surface area contributed by atoms with E-state index in [9.17, 15) is 0 Å². The third-order valence-electron chi connectivity index (χ3n) is 5.53. The second-order valence-electron chi connectivity index (χ2n) is 7.20. The summed E-state index contributed by atoms with van der Waals surface area (Å²) in [5, 5.41) is 0. The molecule has 4 rings (SSSR count). The Kier molecular flexibility index (Phi) is 4.88. The standard InChI is InChI=1S/C20H28N4O/c1-3-20-21-15(2)18(22-20)12-23-9-10-24-17(11-23)13-25-14-19(24)16-7-5-4-6-8-16/h4-8,17,19H,3,9-14H2,1-2H3,(H,21,22)/t17-,19-/m1/s1. The van der Waals surface area contributed by atoms with Crippen LogP contribution < -0.4 is 0 Å². The molecule has 0 saturated carbocycles. The summed E-state index contributed by atoms with van der Waals surface area (Å²) in [5.41, 5.74) is 3.78. The monoisotopic (exact) mass is 340 g/mol. The number of rotatable bonds is 4. The highest BCUT2D eigenvalue weighted by molar-refractivity contribution is 5.20. The lowest BCUT2D eigenvalue weighted by Crippen LogP contribution is -2.58. The summed E-state index contributed by atoms with van der Waals surface area (Å²) in [6, 6.07) is 11.6. The van der Waals surface area contributed by atoms with Crippen LogP contribution in [0.2, 0.25) is 0 Å². The van der Waals surface area contributed by atoms with E-state index in [1.807, 2.05) is 0 Å². The maximum Gasteiger partial charge on any atom is 0.106 e. The normalized spacial score (nSPS) is 25.0. The van der Waals surface area contributed by atoms with Crippen LogP contribution in [0.5, 0.6) is 0 Å². The fourth-order valence-electron chi connectivity index (χ4n) is 4.11. The molecule has 2 atom stereocenters. The fraction of sp³-hybridized carbons (Fsp3) is 0.550. The van der Waals surface area contributed by atoms with Crippen molar-refractivity contribution in [2.24, 2.45) is 0 Å². The predicted octanol–water partition coefficient (Wildman–Crippen LogP) is 2.54. The van der Waals surface area contributed by atoms with Gasteiger partial charge in [-0.3, -0.25) is 9.80 Å². The number of morpholine rings is 1. The molecule has 3 heterocycles. The molecule has 0 amide bonds. The highest BCUT2D eigenvalue weighted by atomic mass is 16.5. The number of aromatic nitrogens is 2. The molecule has 2 fully saturated rings. The van der Waals surface area contributed by atoms with Crippen LogP contribution in [0.4, 0.5) is 0 Å². The van der Waals surface area contributed by atoms with E-state index < -0.39 is 0 Å². The lowest BCUT2D eigenvalue weighted by Gasteiger charge is -2.48. The number of aromatic amines is 1. The Hall–Kier alpha value is -1.69. The molecule has 2 aromatic rings. The van der Waals surface area contributed by atoms with Crippen molar-refractivity contribution in [3.05, 3.63) is 53.1 Å². The maximum absolute atomic E-state index is 5.96. The summed E-state index contributed by atoms with van der Waals surface area (Å²) in [6.45, 7) is 10.1. The summed E-state index contributed by atoms with van der Waals surface area (Å²) < 4.78 is 5.96. The van der Waals surface area contributed by atoms with Gasteiger partial charge in [0.25, 0.3) is 0 Å². The summed E-state index contributed by atoms with van der Waals surface area (Å²) >= 11 is 0. The number of hydrogen-bond acceptors (Lipinski definition) is 4. The fourth-order valence-corrected chi connectivity index (χ4v) is 4.11. The van der Waals surface area contributed by atoms with Crippen LogP contribution in [-0.2, 0) is 17.7 Å². The summed E-state index contributed by atoms with van der Waals surface area (Å²) in [5.74, 6) is 1.09. The van der Waals surface area contributed by atoms with Crippen LogP contribution >= 0.6 is 0 Å². The number of piperazine rings is 1. The van der Waals surface area contributed by atoms with Crippen molar-refractivity contribution in [3.63, 3.8) is 0 Å². The zero-order valence-electron chi connectivity index (χ0n) is 15.2. The predicted molar refractivity (Wildman–Crippen MR) is 98.5 cm³/mol. The number of nitrogens with one attached hydrogen (secondary N) is 1. The molecule has 1 N–H and O–H groups in total. The second-order valence-corrected chi connectivity index (χ2v) is 7.20. The van der Waals surface area contributed by atoms with Gasteiger partial charge in [-0.1, -0.05) is 37.3 Å². The van der Waals surface area contributed by atoms with Crippen molar-refractivity contribution in [3.8, 4) is 0 Å². The van der Waals surface area contributed by atoms with Crippen LogP contribution in [0.15, 0.2) is 30.3 Å². The molecular weight excluding hydrogens is 312 g/mol. The van der Waals surface area contributed by atoms with E-state index in [2.05, 4.69) is 59.0 Å². The minimum atomic E-state index is 0.390. The second kappa shape index (κ2) is 7.28. The number of H-pyrrole nitrogens is 1. The first kappa shape index (κ1) is 16.8. The van der Waals surface area contributed by atoms with Crippen molar-refractivity contribution in [1.29, 1.82) is 0 Å². The van der Waals surface area contributed by atoms with Crippen LogP contribution in [-0.4, -0.2) is 58.7 Å². The van der Waals surface area contributed by atoms with Gasteiger partial charge < -0.3 is 9.72 Å². The van der Waals surface area contributed by atoms with Gasteiger partial charge in [0.2, 0.25) is 0 Å². The van der Waals surface area contributed by atoms with Crippen molar-refractivity contribution >= 4 is 0 Å². The van der Waals surface area contributed by atoms with Crippen LogP contribution in [0.25, 0.3) is 0 Å². The van der Waals surface area contributed by atoms with Crippen molar-refractivity contribution in [2.45, 2.75) is 38.9 Å². The number of aryl methyl sites for hydroxylation is 2. The summed E-state index contributed by atoms with van der Waals surface area (Å²) in [4.78, 5) is 13.3. The van der Waals surface area contributed by atoms with Gasteiger partial charge in [0.05, 0.1) is 24.9 Å². The first-order valence-corrected chi connectivity index (χ1v) is 9.39. The van der Waals surface area contributed by atoms with Gasteiger partial charge in [-0.05, 0) is 12.5 Å². The third-order valence-corrected chi connectivity index (χ3v) is 5.53. The first-order chi connectivity index (χ1) is 12.2. The van der Waals surface area contributed by atoms with Gasteiger partial charge in [0, 0.05) is 44.3 Å². The number of ether oxygens (including phenoxy) is 1. The lowest BCUT2D eigenvalue weighted by atomic mass is 10.00. The molecule has 0 radical (unpaired) electrons.